The molecule has 3 aliphatic carbocycles. The minimum atomic E-state index is -2.57. The Morgan fingerprint density at radius 3 is 2.07 bits per heavy atom. The van der Waals surface area contributed by atoms with Crippen molar-refractivity contribution in [2.24, 2.45) is 16.7 Å². The van der Waals surface area contributed by atoms with Gasteiger partial charge in [0.2, 0.25) is 0 Å². The molecule has 14 atom stereocenters. The predicted molar refractivity (Wildman–Crippen MR) is 255 cm³/mol. The molecule has 386 valence electrons. The molecule has 3 unspecified atom stereocenters. The molecule has 2 aromatic rings. The number of hydrogen-bond donors (Lipinski definition) is 5. The summed E-state index contributed by atoms with van der Waals surface area (Å²) in [4.78, 5) is 56.1. The monoisotopic (exact) mass is 995 g/mol. The number of carbonyl (C=O) groups is 4. The Kier molecular flexibility index (Phi) is 15.3. The number of aliphatic hydroxyl groups excluding tert-OH is 3. The number of ether oxygens (including phenoxy) is 7. The summed E-state index contributed by atoms with van der Waals surface area (Å²) >= 11 is 0. The first-order chi connectivity index (χ1) is 32.9. The molecule has 17 nitrogen and oxygen atoms in total. The van der Waals surface area contributed by atoms with E-state index in [-0.39, 0.29) is 18.6 Å². The highest BCUT2D eigenvalue weighted by atomic mass is 28.4. The highest BCUT2D eigenvalue weighted by Gasteiger charge is 2.79. The fourth-order valence-electron chi connectivity index (χ4n) is 12.1. The summed E-state index contributed by atoms with van der Waals surface area (Å²) in [5.74, 6) is -3.84. The van der Waals surface area contributed by atoms with Gasteiger partial charge in [-0.2, -0.15) is 0 Å². The third kappa shape index (κ3) is 9.36. The standard InChI is InChI=1S/C52H73NO16Si/c1-12-70(13-2,14-3)69-35-25-36-51(28-62-36,67-30(5)55)41-43(65-44(58)32-23-19-16-20-24-32)52(61)26-34(29(4)37(49(52,9)10)40-42(50(35,41)11)66-46(64-40)33(56)27-54)63-45(59)39(57)38(31-21-17-15-18-22-31)53-47(60)68-48(6,7)8/h15-24,33-36,38-43,46,54,56-57,61H,12-14,25-28H2,1-11H3,(H,53,60)/t33?,34-,35-,36?,38-,39+,40+,41-,42+,43-,46?,50+,51-,52+/m0/s1. The van der Waals surface area contributed by atoms with E-state index in [0.29, 0.717) is 16.7 Å². The van der Waals surface area contributed by atoms with E-state index in [1.165, 1.54) is 6.92 Å². The third-order valence-corrected chi connectivity index (χ3v) is 20.7. The number of rotatable bonds is 15. The predicted octanol–water partition coefficient (Wildman–Crippen LogP) is 5.82. The zero-order valence-electron chi connectivity index (χ0n) is 42.3. The van der Waals surface area contributed by atoms with E-state index in [2.05, 4.69) is 26.1 Å². The number of nitrogens with one attached hydrogen (secondary N) is 1. The summed E-state index contributed by atoms with van der Waals surface area (Å²) in [6.45, 7) is 18.8. The van der Waals surface area contributed by atoms with E-state index in [1.54, 1.807) is 102 Å². The van der Waals surface area contributed by atoms with E-state index in [1.807, 2.05) is 6.92 Å². The van der Waals surface area contributed by atoms with Crippen LogP contribution in [-0.2, 0) is 47.2 Å². The Hall–Kier alpha value is -4.24. The molecule has 7 rings (SSSR count). The van der Waals surface area contributed by atoms with E-state index < -0.39 is 140 Å². The average molecular weight is 996 g/mol. The van der Waals surface area contributed by atoms with Gasteiger partial charge in [0.05, 0.1) is 42.9 Å². The van der Waals surface area contributed by atoms with Crippen molar-refractivity contribution in [2.45, 2.75) is 185 Å². The van der Waals surface area contributed by atoms with Crippen molar-refractivity contribution in [3.8, 4) is 0 Å². The lowest BCUT2D eigenvalue weighted by atomic mass is 9.44. The Morgan fingerprint density at radius 2 is 1.53 bits per heavy atom. The fraction of sp³-hybridized carbons (Fsp3) is 0.654. The van der Waals surface area contributed by atoms with Gasteiger partial charge < -0.3 is 63.3 Å². The van der Waals surface area contributed by atoms with Crippen LogP contribution in [0.1, 0.15) is 111 Å². The largest absolute Gasteiger partial charge is 0.456 e. The average Bonchev–Trinajstić information content (AvgIpc) is 3.75. The van der Waals surface area contributed by atoms with Gasteiger partial charge in [-0.15, -0.1) is 0 Å². The lowest BCUT2D eigenvalue weighted by molar-refractivity contribution is -0.361. The molecule has 4 fully saturated rings. The van der Waals surface area contributed by atoms with Crippen LogP contribution in [0.4, 0.5) is 4.79 Å². The molecule has 18 heteroatoms. The van der Waals surface area contributed by atoms with Crippen molar-refractivity contribution in [1.29, 1.82) is 0 Å². The number of hydrogen-bond acceptors (Lipinski definition) is 16. The molecule has 5 N–H and O–H groups in total. The Morgan fingerprint density at radius 1 is 0.914 bits per heavy atom. The molecular formula is C52H73NO16Si. The second-order valence-corrected chi connectivity index (χ2v) is 26.2. The molecule has 2 aromatic carbocycles. The van der Waals surface area contributed by atoms with Crippen LogP contribution in [-0.4, -0.2) is 138 Å². The summed E-state index contributed by atoms with van der Waals surface area (Å²) in [6, 6.07) is 17.5. The van der Waals surface area contributed by atoms with Crippen molar-refractivity contribution < 1.29 is 77.2 Å². The molecule has 70 heavy (non-hydrogen) atoms. The minimum absolute atomic E-state index is 0.156. The van der Waals surface area contributed by atoms with E-state index in [0.717, 1.165) is 18.1 Å². The van der Waals surface area contributed by atoms with Gasteiger partial charge in [0.15, 0.2) is 26.3 Å². The van der Waals surface area contributed by atoms with Crippen LogP contribution in [0, 0.1) is 16.7 Å². The van der Waals surface area contributed by atoms with Crippen LogP contribution in [0.5, 0.6) is 0 Å². The molecule has 1 amide bonds. The first-order valence-electron chi connectivity index (χ1n) is 24.6. The lowest BCUT2D eigenvalue weighted by Crippen LogP contribution is -2.82. The number of benzene rings is 2. The van der Waals surface area contributed by atoms with Gasteiger partial charge in [-0.25, -0.2) is 14.4 Å². The zero-order valence-corrected chi connectivity index (χ0v) is 43.3. The normalized spacial score (nSPS) is 33.6. The highest BCUT2D eigenvalue weighted by molar-refractivity contribution is 6.73. The van der Waals surface area contributed by atoms with Gasteiger partial charge in [-0.1, -0.05) is 90.1 Å². The minimum Gasteiger partial charge on any atom is -0.456 e. The van der Waals surface area contributed by atoms with Crippen LogP contribution >= 0.6 is 0 Å². The molecule has 0 aromatic heterocycles. The summed E-state index contributed by atoms with van der Waals surface area (Å²) in [7, 11) is -2.57. The molecule has 0 radical (unpaired) electrons. The zero-order chi connectivity index (χ0) is 51.4. The van der Waals surface area contributed by atoms with E-state index >= 15 is 0 Å². The Balaban J connectivity index is 1.46. The van der Waals surface area contributed by atoms with Crippen LogP contribution in [0.25, 0.3) is 0 Å². The smallest absolute Gasteiger partial charge is 0.408 e. The maximum atomic E-state index is 14.8. The number of carbonyl (C=O) groups excluding carboxylic acids is 4. The summed E-state index contributed by atoms with van der Waals surface area (Å²) < 4.78 is 52.6. The maximum absolute atomic E-state index is 14.8. The second kappa shape index (κ2) is 20.0. The van der Waals surface area contributed by atoms with Crippen LogP contribution in [0.3, 0.4) is 0 Å². The molecule has 2 heterocycles. The van der Waals surface area contributed by atoms with Crippen molar-refractivity contribution >= 4 is 32.3 Å². The molecule has 2 bridgehead atoms. The number of alkyl carbamates (subject to hydrolysis) is 1. The van der Waals surface area contributed by atoms with Gasteiger partial charge in [-0.3, -0.25) is 4.79 Å². The van der Waals surface area contributed by atoms with Crippen molar-refractivity contribution in [1.82, 2.24) is 5.32 Å². The Bertz CT molecular complexity index is 2260. The maximum Gasteiger partial charge on any atom is 0.408 e. The van der Waals surface area contributed by atoms with E-state index in [9.17, 15) is 39.6 Å². The number of fused-ring (bicyclic) bond motifs is 8. The summed E-state index contributed by atoms with van der Waals surface area (Å²) in [5.41, 5.74) is -6.29. The van der Waals surface area contributed by atoms with Crippen molar-refractivity contribution in [3.63, 3.8) is 0 Å². The number of esters is 3. The SMILES string of the molecule is CC[Si](CC)(CC)O[C@H]1CC2OC[C@@]2(OC(C)=O)[C@H]2[C@H](OC(=O)c3ccccc3)[C@]3(O)C[C@H](OC(=O)[C@H](O)[C@@H](NC(=O)OC(C)(C)C)c4ccccc4)C(C)=C([C@H]4OC(C(O)CO)O[C@H]4[C@]12C)C3(C)C. The molecular weight excluding hydrogens is 923 g/mol. The lowest BCUT2D eigenvalue weighted by Gasteiger charge is -2.69. The third-order valence-electron chi connectivity index (χ3n) is 16.1. The van der Waals surface area contributed by atoms with Crippen molar-refractivity contribution in [3.05, 3.63) is 82.9 Å². The molecule has 2 saturated heterocycles. The summed E-state index contributed by atoms with van der Waals surface area (Å²) in [5, 5.41) is 50.5. The number of aliphatic hydroxyl groups is 4. The summed E-state index contributed by atoms with van der Waals surface area (Å²) in [6.07, 6.45) is -13.0. The van der Waals surface area contributed by atoms with Gasteiger partial charge in [0.25, 0.3) is 0 Å². The first kappa shape index (κ1) is 53.6. The van der Waals surface area contributed by atoms with Crippen LogP contribution in [0.2, 0.25) is 18.1 Å². The second-order valence-electron chi connectivity index (χ2n) is 21.5. The van der Waals surface area contributed by atoms with Gasteiger partial charge in [0.1, 0.15) is 41.7 Å². The molecule has 5 aliphatic rings. The number of amides is 1. The van der Waals surface area contributed by atoms with Gasteiger partial charge in [-0.05, 0) is 74.7 Å². The first-order valence-corrected chi connectivity index (χ1v) is 27.1. The Labute approximate surface area is 411 Å². The van der Waals surface area contributed by atoms with Crippen LogP contribution < -0.4 is 5.32 Å². The van der Waals surface area contributed by atoms with Gasteiger partial charge >= 0.3 is 24.0 Å². The highest BCUT2D eigenvalue weighted by Crippen LogP contribution is 2.67. The topological polar surface area (TPSA) is 235 Å². The van der Waals surface area contributed by atoms with Gasteiger partial charge in [0, 0.05) is 30.6 Å². The van der Waals surface area contributed by atoms with E-state index in [4.69, 9.17) is 37.6 Å². The molecule has 0 spiro atoms. The molecule has 2 saturated carbocycles. The fourth-order valence-corrected chi connectivity index (χ4v) is 15.1. The molecule has 2 aliphatic heterocycles. The van der Waals surface area contributed by atoms with Crippen molar-refractivity contribution in [2.75, 3.05) is 13.2 Å². The quantitative estimate of drug-likeness (QED) is 0.0612. The van der Waals surface area contributed by atoms with Crippen LogP contribution in [0.15, 0.2) is 71.8 Å².